The fourth-order valence-electron chi connectivity index (χ4n) is 1.84. The third-order valence-corrected chi connectivity index (χ3v) is 2.83. The molecule has 0 spiro atoms. The number of aliphatic imine (C=N–C) groups is 1. The molecule has 1 unspecified atom stereocenters. The zero-order valence-electron chi connectivity index (χ0n) is 11.0. The Hall–Kier alpha value is -2.10. The van der Waals surface area contributed by atoms with Gasteiger partial charge < -0.3 is 9.84 Å². The molecule has 100 valence electrons. The molecule has 0 aromatic heterocycles. The number of hydrogen-bond acceptors (Lipinski definition) is 4. The van der Waals surface area contributed by atoms with Crippen LogP contribution in [0.1, 0.15) is 31.9 Å². The zero-order valence-corrected chi connectivity index (χ0v) is 11.0. The SMILES string of the molecule is CC(C)N=CC1=C(O)CC(c2ccccc2)OC1=O. The Morgan fingerprint density at radius 2 is 2.05 bits per heavy atom. The molecule has 0 saturated heterocycles. The molecule has 0 amide bonds. The number of benzene rings is 1. The van der Waals surface area contributed by atoms with Crippen molar-refractivity contribution in [3.05, 3.63) is 47.2 Å². The lowest BCUT2D eigenvalue weighted by molar-refractivity contribution is -0.146. The van der Waals surface area contributed by atoms with E-state index in [1.54, 1.807) is 0 Å². The zero-order chi connectivity index (χ0) is 13.8. The van der Waals surface area contributed by atoms with Crippen molar-refractivity contribution < 1.29 is 14.6 Å². The van der Waals surface area contributed by atoms with Crippen molar-refractivity contribution in [1.29, 1.82) is 0 Å². The highest BCUT2D eigenvalue weighted by Gasteiger charge is 2.28. The average Bonchev–Trinajstić information content (AvgIpc) is 2.38. The number of aliphatic hydroxyl groups excluding tert-OH is 1. The maximum atomic E-state index is 11.9. The fraction of sp³-hybridized carbons (Fsp3) is 0.333. The molecule has 4 heteroatoms. The van der Waals surface area contributed by atoms with Crippen LogP contribution in [0, 0.1) is 0 Å². The summed E-state index contributed by atoms with van der Waals surface area (Å²) < 4.78 is 5.34. The first-order valence-corrected chi connectivity index (χ1v) is 6.29. The Bertz CT molecular complexity index is 517. The van der Waals surface area contributed by atoms with Gasteiger partial charge in [-0.05, 0) is 19.4 Å². The molecule has 1 aromatic carbocycles. The maximum absolute atomic E-state index is 11.9. The third kappa shape index (κ3) is 3.22. The average molecular weight is 259 g/mol. The van der Waals surface area contributed by atoms with Crippen LogP contribution in [0.3, 0.4) is 0 Å². The second kappa shape index (κ2) is 5.69. The molecule has 1 aliphatic heterocycles. The van der Waals surface area contributed by atoms with Crippen LogP contribution in [0.15, 0.2) is 46.7 Å². The number of cyclic esters (lactones) is 1. The van der Waals surface area contributed by atoms with Crippen LogP contribution in [0.25, 0.3) is 0 Å². The van der Waals surface area contributed by atoms with E-state index >= 15 is 0 Å². The number of carbonyl (C=O) groups is 1. The van der Waals surface area contributed by atoms with Crippen LogP contribution in [-0.2, 0) is 9.53 Å². The van der Waals surface area contributed by atoms with Crippen LogP contribution >= 0.6 is 0 Å². The summed E-state index contributed by atoms with van der Waals surface area (Å²) in [7, 11) is 0. The summed E-state index contributed by atoms with van der Waals surface area (Å²) in [5.41, 5.74) is 1.03. The van der Waals surface area contributed by atoms with Crippen LogP contribution in [0.5, 0.6) is 0 Å². The first kappa shape index (κ1) is 13.3. The van der Waals surface area contributed by atoms with E-state index in [0.29, 0.717) is 0 Å². The first-order valence-electron chi connectivity index (χ1n) is 6.29. The van der Waals surface area contributed by atoms with Crippen LogP contribution < -0.4 is 0 Å². The second-order valence-corrected chi connectivity index (χ2v) is 4.74. The van der Waals surface area contributed by atoms with E-state index in [1.165, 1.54) is 6.21 Å². The minimum Gasteiger partial charge on any atom is -0.511 e. The van der Waals surface area contributed by atoms with Crippen LogP contribution in [0.2, 0.25) is 0 Å². The normalized spacial score (nSPS) is 20.2. The van der Waals surface area contributed by atoms with Crippen molar-refractivity contribution in [2.45, 2.75) is 32.4 Å². The number of ether oxygens (including phenoxy) is 1. The molecule has 0 bridgehead atoms. The highest BCUT2D eigenvalue weighted by atomic mass is 16.5. The fourth-order valence-corrected chi connectivity index (χ4v) is 1.84. The summed E-state index contributed by atoms with van der Waals surface area (Å²) in [5, 5.41) is 9.97. The number of carbonyl (C=O) groups excluding carboxylic acids is 1. The van der Waals surface area contributed by atoms with E-state index in [1.807, 2.05) is 44.2 Å². The second-order valence-electron chi connectivity index (χ2n) is 4.74. The molecule has 0 fully saturated rings. The summed E-state index contributed by atoms with van der Waals surface area (Å²) in [4.78, 5) is 16.0. The minimum absolute atomic E-state index is 0.0366. The molecule has 1 heterocycles. The van der Waals surface area contributed by atoms with Gasteiger partial charge in [0.15, 0.2) is 0 Å². The maximum Gasteiger partial charge on any atom is 0.343 e. The van der Waals surface area contributed by atoms with Gasteiger partial charge in [-0.25, -0.2) is 4.79 Å². The molecule has 1 aromatic rings. The van der Waals surface area contributed by atoms with Gasteiger partial charge in [-0.2, -0.15) is 0 Å². The molecule has 19 heavy (non-hydrogen) atoms. The summed E-state index contributed by atoms with van der Waals surface area (Å²) in [6, 6.07) is 9.46. The lowest BCUT2D eigenvalue weighted by Crippen LogP contribution is -2.22. The summed E-state index contributed by atoms with van der Waals surface area (Å²) in [5.74, 6) is -0.489. The van der Waals surface area contributed by atoms with Crippen LogP contribution in [0.4, 0.5) is 0 Å². The third-order valence-electron chi connectivity index (χ3n) is 2.83. The Balaban J connectivity index is 2.21. The number of nitrogens with zero attached hydrogens (tertiary/aromatic N) is 1. The highest BCUT2D eigenvalue weighted by Crippen LogP contribution is 2.30. The number of rotatable bonds is 3. The number of hydrogen-bond donors (Lipinski definition) is 1. The van der Waals surface area contributed by atoms with Gasteiger partial charge in [0.25, 0.3) is 0 Å². The lowest BCUT2D eigenvalue weighted by atomic mass is 10.0. The van der Waals surface area contributed by atoms with E-state index in [0.717, 1.165) is 5.56 Å². The lowest BCUT2D eigenvalue weighted by Gasteiger charge is -2.23. The van der Waals surface area contributed by atoms with Gasteiger partial charge in [-0.3, -0.25) is 4.99 Å². The minimum atomic E-state index is -0.526. The Kier molecular flexibility index (Phi) is 4.00. The van der Waals surface area contributed by atoms with Gasteiger partial charge in [-0.15, -0.1) is 0 Å². The van der Waals surface area contributed by atoms with E-state index in [9.17, 15) is 9.90 Å². The summed E-state index contributed by atoms with van der Waals surface area (Å²) in [6.45, 7) is 3.80. The van der Waals surface area contributed by atoms with Gasteiger partial charge in [0.05, 0.1) is 0 Å². The number of aliphatic hydroxyl groups is 1. The predicted molar refractivity (Wildman–Crippen MR) is 73.2 cm³/mol. The Morgan fingerprint density at radius 3 is 2.63 bits per heavy atom. The van der Waals surface area contributed by atoms with Crippen molar-refractivity contribution in [3.63, 3.8) is 0 Å². The number of esters is 1. The molecular formula is C15H17NO3. The molecule has 0 saturated carbocycles. The van der Waals surface area contributed by atoms with E-state index in [2.05, 4.69) is 4.99 Å². The molecule has 1 atom stereocenters. The van der Waals surface area contributed by atoms with E-state index in [4.69, 9.17) is 4.74 Å². The van der Waals surface area contributed by atoms with Crippen molar-refractivity contribution >= 4 is 12.2 Å². The van der Waals surface area contributed by atoms with Gasteiger partial charge in [0.2, 0.25) is 0 Å². The summed E-state index contributed by atoms with van der Waals surface area (Å²) in [6.07, 6.45) is 1.25. The van der Waals surface area contributed by atoms with Crippen molar-refractivity contribution in [3.8, 4) is 0 Å². The van der Waals surface area contributed by atoms with E-state index < -0.39 is 12.1 Å². The molecule has 2 rings (SSSR count). The van der Waals surface area contributed by atoms with Crippen LogP contribution in [-0.4, -0.2) is 23.3 Å². The molecule has 0 aliphatic carbocycles. The molecule has 1 N–H and O–H groups in total. The Morgan fingerprint density at radius 1 is 1.37 bits per heavy atom. The van der Waals surface area contributed by atoms with Gasteiger partial charge >= 0.3 is 5.97 Å². The molecule has 1 aliphatic rings. The highest BCUT2D eigenvalue weighted by molar-refractivity contribution is 6.10. The molecule has 0 radical (unpaired) electrons. The standard InChI is InChI=1S/C15H17NO3/c1-10(2)16-9-12-13(17)8-14(19-15(12)18)11-6-4-3-5-7-11/h3-7,9-10,14,17H,8H2,1-2H3. The molecular weight excluding hydrogens is 242 g/mol. The van der Waals surface area contributed by atoms with Crippen molar-refractivity contribution in [2.24, 2.45) is 4.99 Å². The predicted octanol–water partition coefficient (Wildman–Crippen LogP) is 2.97. The topological polar surface area (TPSA) is 58.9 Å². The smallest absolute Gasteiger partial charge is 0.343 e. The van der Waals surface area contributed by atoms with Crippen molar-refractivity contribution in [1.82, 2.24) is 0 Å². The first-order chi connectivity index (χ1) is 9.08. The van der Waals surface area contributed by atoms with Gasteiger partial charge in [0.1, 0.15) is 17.4 Å². The molecule has 4 nitrogen and oxygen atoms in total. The largest absolute Gasteiger partial charge is 0.511 e. The monoisotopic (exact) mass is 259 g/mol. The summed E-state index contributed by atoms with van der Waals surface area (Å²) >= 11 is 0. The quantitative estimate of drug-likeness (QED) is 0.670. The van der Waals surface area contributed by atoms with Gasteiger partial charge in [0, 0.05) is 18.7 Å². The Labute approximate surface area is 112 Å². The van der Waals surface area contributed by atoms with E-state index in [-0.39, 0.29) is 23.8 Å². The van der Waals surface area contributed by atoms with Gasteiger partial charge in [-0.1, -0.05) is 30.3 Å². The van der Waals surface area contributed by atoms with Crippen molar-refractivity contribution in [2.75, 3.05) is 0 Å².